The summed E-state index contributed by atoms with van der Waals surface area (Å²) < 4.78 is 0. The van der Waals surface area contributed by atoms with Crippen molar-refractivity contribution < 1.29 is 9.59 Å². The molecule has 0 aliphatic carbocycles. The second-order valence-electron chi connectivity index (χ2n) is 7.00. The van der Waals surface area contributed by atoms with E-state index < -0.39 is 6.04 Å². The quantitative estimate of drug-likeness (QED) is 0.518. The lowest BCUT2D eigenvalue weighted by molar-refractivity contribution is -0.140. The third kappa shape index (κ3) is 7.06. The number of nitrogens with one attached hydrogen (secondary N) is 1. The number of hydrogen-bond donors (Lipinski definition) is 1. The average Bonchev–Trinajstić information content (AvgIpc) is 2.71. The van der Waals surface area contributed by atoms with Crippen molar-refractivity contribution in [2.45, 2.75) is 52.1 Å². The summed E-state index contributed by atoms with van der Waals surface area (Å²) in [5, 5.41) is 3.83. The van der Waals surface area contributed by atoms with Crippen LogP contribution in [0, 0.1) is 0 Å². The second-order valence-corrected chi connectivity index (χ2v) is 7.82. The molecule has 2 amide bonds. The van der Waals surface area contributed by atoms with Gasteiger partial charge in [-0.1, -0.05) is 79.9 Å². The summed E-state index contributed by atoms with van der Waals surface area (Å²) in [5.74, 6) is -0.232. The van der Waals surface area contributed by atoms with Gasteiger partial charge in [-0.15, -0.1) is 0 Å². The predicted molar refractivity (Wildman–Crippen MR) is 119 cm³/mol. The van der Waals surface area contributed by atoms with Crippen molar-refractivity contribution >= 4 is 35.0 Å². The molecule has 4 nitrogen and oxygen atoms in total. The topological polar surface area (TPSA) is 49.4 Å². The Hall–Kier alpha value is -2.04. The Kier molecular flexibility index (Phi) is 9.49. The minimum atomic E-state index is -0.526. The second kappa shape index (κ2) is 11.8. The van der Waals surface area contributed by atoms with E-state index in [-0.39, 0.29) is 18.2 Å². The first-order valence-electron chi connectivity index (χ1n) is 10.0. The third-order valence-corrected chi connectivity index (χ3v) is 5.49. The van der Waals surface area contributed by atoms with Crippen LogP contribution in [0.1, 0.15) is 44.2 Å². The van der Waals surface area contributed by atoms with Gasteiger partial charge in [-0.3, -0.25) is 9.59 Å². The normalized spacial score (nSPS) is 11.7. The van der Waals surface area contributed by atoms with Crippen LogP contribution in [0.25, 0.3) is 0 Å². The maximum Gasteiger partial charge on any atom is 0.242 e. The monoisotopic (exact) mass is 434 g/mol. The van der Waals surface area contributed by atoms with E-state index in [1.165, 1.54) is 0 Å². The summed E-state index contributed by atoms with van der Waals surface area (Å²) in [6.07, 6.45) is 2.61. The molecule has 1 atom stereocenters. The van der Waals surface area contributed by atoms with Crippen LogP contribution < -0.4 is 5.32 Å². The molecule has 0 bridgehead atoms. The molecular weight excluding hydrogens is 407 g/mol. The molecule has 2 aromatic rings. The highest BCUT2D eigenvalue weighted by atomic mass is 35.5. The molecule has 1 unspecified atom stereocenters. The predicted octanol–water partition coefficient (Wildman–Crippen LogP) is 5.26. The largest absolute Gasteiger partial charge is 0.354 e. The summed E-state index contributed by atoms with van der Waals surface area (Å²) >= 11 is 12.1. The zero-order chi connectivity index (χ0) is 21.2. The first kappa shape index (κ1) is 23.2. The van der Waals surface area contributed by atoms with Crippen LogP contribution in [-0.2, 0) is 22.6 Å². The molecule has 1 N–H and O–H groups in total. The summed E-state index contributed by atoms with van der Waals surface area (Å²) in [7, 11) is 0. The van der Waals surface area contributed by atoms with Gasteiger partial charge in [0.15, 0.2) is 0 Å². The Morgan fingerprint density at radius 2 is 1.72 bits per heavy atom. The lowest BCUT2D eigenvalue weighted by atomic mass is 10.1. The van der Waals surface area contributed by atoms with Gasteiger partial charge in [0.05, 0.1) is 16.5 Å². The van der Waals surface area contributed by atoms with Crippen LogP contribution in [-0.4, -0.2) is 29.3 Å². The van der Waals surface area contributed by atoms with Crippen molar-refractivity contribution in [3.05, 3.63) is 69.7 Å². The van der Waals surface area contributed by atoms with Gasteiger partial charge in [-0.2, -0.15) is 0 Å². The number of carbonyl (C=O) groups is 2. The van der Waals surface area contributed by atoms with Gasteiger partial charge < -0.3 is 10.2 Å². The van der Waals surface area contributed by atoms with Gasteiger partial charge in [0.2, 0.25) is 11.8 Å². The average molecular weight is 435 g/mol. The highest BCUT2D eigenvalue weighted by Gasteiger charge is 2.28. The van der Waals surface area contributed by atoms with E-state index in [2.05, 4.69) is 12.2 Å². The fourth-order valence-corrected chi connectivity index (χ4v) is 3.45. The van der Waals surface area contributed by atoms with Gasteiger partial charge in [0, 0.05) is 13.1 Å². The van der Waals surface area contributed by atoms with E-state index in [1.54, 1.807) is 23.1 Å². The number of carbonyl (C=O) groups excluding carboxylic acids is 2. The molecule has 29 heavy (non-hydrogen) atoms. The summed E-state index contributed by atoms with van der Waals surface area (Å²) in [6.45, 7) is 4.99. The zero-order valence-corrected chi connectivity index (χ0v) is 18.5. The number of halogens is 2. The van der Waals surface area contributed by atoms with Crippen molar-refractivity contribution in [2.75, 3.05) is 6.54 Å². The molecule has 0 heterocycles. The molecular formula is C23H28Cl2N2O2. The van der Waals surface area contributed by atoms with Crippen LogP contribution in [0.4, 0.5) is 0 Å². The van der Waals surface area contributed by atoms with Gasteiger partial charge in [0.1, 0.15) is 6.04 Å². The number of unbranched alkanes of at least 4 members (excludes halogenated alkanes) is 1. The van der Waals surface area contributed by atoms with E-state index in [4.69, 9.17) is 23.2 Å². The van der Waals surface area contributed by atoms with Crippen LogP contribution in [0.2, 0.25) is 10.0 Å². The van der Waals surface area contributed by atoms with Gasteiger partial charge in [-0.25, -0.2) is 0 Å². The van der Waals surface area contributed by atoms with Crippen LogP contribution >= 0.6 is 23.2 Å². The SMILES string of the molecule is CCCCNC(=O)C(CC)N(Cc1ccccc1)C(=O)Cc1ccc(Cl)c(Cl)c1. The molecule has 0 saturated carbocycles. The summed E-state index contributed by atoms with van der Waals surface area (Å²) in [4.78, 5) is 27.7. The van der Waals surface area contributed by atoms with Gasteiger partial charge in [0.25, 0.3) is 0 Å². The maximum absolute atomic E-state index is 13.2. The molecule has 156 valence electrons. The van der Waals surface area contributed by atoms with E-state index in [0.29, 0.717) is 29.6 Å². The number of nitrogens with zero attached hydrogens (tertiary/aromatic N) is 1. The third-order valence-electron chi connectivity index (χ3n) is 4.75. The number of benzene rings is 2. The molecule has 0 spiro atoms. The smallest absolute Gasteiger partial charge is 0.242 e. The Morgan fingerprint density at radius 1 is 1.00 bits per heavy atom. The Bertz CT molecular complexity index is 812. The molecule has 2 rings (SSSR count). The fraction of sp³-hybridized carbons (Fsp3) is 0.391. The van der Waals surface area contributed by atoms with Gasteiger partial charge >= 0.3 is 0 Å². The fourth-order valence-electron chi connectivity index (χ4n) is 3.13. The number of rotatable bonds is 10. The Labute approximate surface area is 183 Å². The standard InChI is InChI=1S/C23H28Cl2N2O2/c1-3-5-13-26-23(29)21(4-2)27(16-17-9-7-6-8-10-17)22(28)15-18-11-12-19(24)20(25)14-18/h6-12,14,21H,3-5,13,15-16H2,1-2H3,(H,26,29). The van der Waals surface area contributed by atoms with Crippen molar-refractivity contribution in [1.82, 2.24) is 10.2 Å². The molecule has 0 saturated heterocycles. The lowest BCUT2D eigenvalue weighted by Gasteiger charge is -2.31. The van der Waals surface area contributed by atoms with Crippen molar-refractivity contribution in [3.8, 4) is 0 Å². The highest BCUT2D eigenvalue weighted by molar-refractivity contribution is 6.42. The number of hydrogen-bond acceptors (Lipinski definition) is 2. The van der Waals surface area contributed by atoms with E-state index >= 15 is 0 Å². The van der Waals surface area contributed by atoms with Gasteiger partial charge in [-0.05, 0) is 36.1 Å². The molecule has 0 aromatic heterocycles. The Morgan fingerprint density at radius 3 is 2.34 bits per heavy atom. The minimum absolute atomic E-state index is 0.112. The van der Waals surface area contributed by atoms with E-state index in [0.717, 1.165) is 24.0 Å². The van der Waals surface area contributed by atoms with E-state index in [1.807, 2.05) is 37.3 Å². The molecule has 2 aromatic carbocycles. The van der Waals surface area contributed by atoms with Crippen LogP contribution in [0.5, 0.6) is 0 Å². The molecule has 6 heteroatoms. The highest BCUT2D eigenvalue weighted by Crippen LogP contribution is 2.23. The summed E-state index contributed by atoms with van der Waals surface area (Å²) in [6, 6.07) is 14.4. The molecule has 0 aliphatic heterocycles. The van der Waals surface area contributed by atoms with Crippen molar-refractivity contribution in [3.63, 3.8) is 0 Å². The van der Waals surface area contributed by atoms with Crippen LogP contribution in [0.15, 0.2) is 48.5 Å². The first-order valence-corrected chi connectivity index (χ1v) is 10.8. The number of amides is 2. The summed E-state index contributed by atoms with van der Waals surface area (Å²) in [5.41, 5.74) is 1.75. The molecule has 0 radical (unpaired) electrons. The zero-order valence-electron chi connectivity index (χ0n) is 17.0. The van der Waals surface area contributed by atoms with E-state index in [9.17, 15) is 9.59 Å². The van der Waals surface area contributed by atoms with Crippen molar-refractivity contribution in [1.29, 1.82) is 0 Å². The maximum atomic E-state index is 13.2. The molecule has 0 fully saturated rings. The van der Waals surface area contributed by atoms with Crippen LogP contribution in [0.3, 0.4) is 0 Å². The van der Waals surface area contributed by atoms with Crippen molar-refractivity contribution in [2.24, 2.45) is 0 Å². The lowest BCUT2D eigenvalue weighted by Crippen LogP contribution is -2.49. The Balaban J connectivity index is 2.23. The molecule has 0 aliphatic rings. The first-order chi connectivity index (χ1) is 14.0. The minimum Gasteiger partial charge on any atom is -0.354 e.